The van der Waals surface area contributed by atoms with Gasteiger partial charge in [0.25, 0.3) is 11.4 Å². The zero-order valence-electron chi connectivity index (χ0n) is 4.00. The van der Waals surface area contributed by atoms with E-state index in [-0.39, 0.29) is 0 Å². The molecule has 0 atom stereocenters. The summed E-state index contributed by atoms with van der Waals surface area (Å²) in [6.07, 6.45) is 0. The SMILES string of the molecule is O=S(O)O.O[Si](O)(O)O. The molecular formula is H6O7SSi. The van der Waals surface area contributed by atoms with Gasteiger partial charge in [-0.2, -0.15) is 4.21 Å². The topological polar surface area (TPSA) is 138 Å². The smallest absolute Gasteiger partial charge is 0.368 e. The fourth-order valence-electron chi connectivity index (χ4n) is 0. The molecule has 9 heteroatoms. The van der Waals surface area contributed by atoms with Crippen molar-refractivity contribution in [2.24, 2.45) is 0 Å². The van der Waals surface area contributed by atoms with Gasteiger partial charge in [0.2, 0.25) is 0 Å². The fourth-order valence-corrected chi connectivity index (χ4v) is 0. The largest absolute Gasteiger partial charge is 0.668 e. The average Bonchev–Trinajstić information content (AvgIpc) is 1.19. The first kappa shape index (κ1) is 11.9. The Morgan fingerprint density at radius 1 is 1.00 bits per heavy atom. The highest BCUT2D eigenvalue weighted by molar-refractivity contribution is 7.73. The van der Waals surface area contributed by atoms with E-state index >= 15 is 0 Å². The molecule has 0 bridgehead atoms. The summed E-state index contributed by atoms with van der Waals surface area (Å²) in [5, 5.41) is 0. The molecule has 0 rings (SSSR count). The van der Waals surface area contributed by atoms with Crippen molar-refractivity contribution in [3.8, 4) is 0 Å². The molecule has 0 spiro atoms. The molecule has 9 heavy (non-hydrogen) atoms. The van der Waals surface area contributed by atoms with Crippen molar-refractivity contribution in [2.45, 2.75) is 0 Å². The van der Waals surface area contributed by atoms with Crippen LogP contribution in [-0.4, -0.2) is 41.5 Å². The van der Waals surface area contributed by atoms with Crippen LogP contribution in [0.4, 0.5) is 0 Å². The number of hydrogen-bond acceptors (Lipinski definition) is 5. The van der Waals surface area contributed by atoms with Gasteiger partial charge in [-0.1, -0.05) is 0 Å². The Kier molecular flexibility index (Phi) is 6.53. The van der Waals surface area contributed by atoms with Gasteiger partial charge in [0, 0.05) is 0 Å². The summed E-state index contributed by atoms with van der Waals surface area (Å²) in [7, 11) is -4.61. The Morgan fingerprint density at radius 2 is 1.00 bits per heavy atom. The molecule has 0 aromatic rings. The van der Waals surface area contributed by atoms with Crippen LogP contribution in [0, 0.1) is 0 Å². The van der Waals surface area contributed by atoms with E-state index in [2.05, 4.69) is 0 Å². The van der Waals surface area contributed by atoms with Crippen LogP contribution in [0.3, 0.4) is 0 Å². The molecule has 0 unspecified atom stereocenters. The molecule has 58 valence electrons. The molecule has 0 saturated heterocycles. The van der Waals surface area contributed by atoms with E-state index in [4.69, 9.17) is 32.5 Å². The third kappa shape index (κ3) is 18900. The molecule has 0 fully saturated rings. The number of rotatable bonds is 0. The lowest BCUT2D eigenvalue weighted by Gasteiger charge is -1.91. The van der Waals surface area contributed by atoms with Gasteiger partial charge in [0.05, 0.1) is 0 Å². The highest BCUT2D eigenvalue weighted by atomic mass is 32.2. The van der Waals surface area contributed by atoms with Crippen molar-refractivity contribution in [1.29, 1.82) is 0 Å². The highest BCUT2D eigenvalue weighted by Crippen LogP contribution is 1.67. The summed E-state index contributed by atoms with van der Waals surface area (Å²) in [5.41, 5.74) is 0. The molecule has 0 aromatic carbocycles. The summed E-state index contributed by atoms with van der Waals surface area (Å²) in [6, 6.07) is 0. The van der Waals surface area contributed by atoms with Gasteiger partial charge in [-0.25, -0.2) is 0 Å². The summed E-state index contributed by atoms with van der Waals surface area (Å²) in [4.78, 5) is 29.3. The van der Waals surface area contributed by atoms with Gasteiger partial charge in [0.15, 0.2) is 0 Å². The van der Waals surface area contributed by atoms with Crippen molar-refractivity contribution in [3.05, 3.63) is 0 Å². The Balaban J connectivity index is 0. The first-order valence-corrected chi connectivity index (χ1v) is 4.28. The molecule has 0 aromatic heterocycles. The van der Waals surface area contributed by atoms with Crippen molar-refractivity contribution in [3.63, 3.8) is 0 Å². The van der Waals surface area contributed by atoms with Gasteiger partial charge >= 0.3 is 9.05 Å². The normalized spacial score (nSPS) is 10.6. The van der Waals surface area contributed by atoms with Crippen molar-refractivity contribution in [1.82, 2.24) is 0 Å². The maximum atomic E-state index is 8.67. The Hall–Kier alpha value is 0.127. The average molecular weight is 178 g/mol. The van der Waals surface area contributed by atoms with Crippen LogP contribution >= 0.6 is 0 Å². The standard InChI is InChI=1S/H4O4Si.H2O3S/c1-5(2,3)4;1-4(2)3/h1-4H;(H2,1,2,3). The number of hydrogen-bond donors (Lipinski definition) is 6. The second-order valence-corrected chi connectivity index (χ2v) is 2.49. The second-order valence-electron chi connectivity index (χ2n) is 0.831. The minimum atomic E-state index is -4.61. The Bertz CT molecular complexity index is 71.4. The van der Waals surface area contributed by atoms with Gasteiger partial charge in [-0.3, -0.25) is 9.11 Å². The predicted molar refractivity (Wildman–Crippen MR) is 28.0 cm³/mol. The van der Waals surface area contributed by atoms with Crippen molar-refractivity contribution >= 4 is 20.4 Å². The molecule has 0 aliphatic heterocycles. The van der Waals surface area contributed by atoms with Gasteiger partial charge in [-0.15, -0.1) is 0 Å². The summed E-state index contributed by atoms with van der Waals surface area (Å²) in [5.74, 6) is 0. The summed E-state index contributed by atoms with van der Waals surface area (Å²) in [6.45, 7) is 0. The highest BCUT2D eigenvalue weighted by Gasteiger charge is 2.22. The molecular weight excluding hydrogens is 172 g/mol. The molecule has 0 aliphatic rings. The monoisotopic (exact) mass is 178 g/mol. The van der Waals surface area contributed by atoms with Crippen LogP contribution in [0.1, 0.15) is 0 Å². The lowest BCUT2D eigenvalue weighted by Crippen LogP contribution is -2.33. The van der Waals surface area contributed by atoms with E-state index in [0.717, 1.165) is 0 Å². The first-order valence-electron chi connectivity index (χ1n) is 1.43. The van der Waals surface area contributed by atoms with Gasteiger partial charge in [-0.05, 0) is 0 Å². The second kappa shape index (κ2) is 4.96. The molecule has 0 saturated carbocycles. The minimum Gasteiger partial charge on any atom is -0.368 e. The third-order valence-corrected chi connectivity index (χ3v) is 0. The van der Waals surface area contributed by atoms with Gasteiger partial charge < -0.3 is 19.2 Å². The zero-order chi connectivity index (χ0) is 8.08. The van der Waals surface area contributed by atoms with Crippen LogP contribution in [0.15, 0.2) is 0 Å². The fraction of sp³-hybridized carbons (Fsp3) is 0. The zero-order valence-corrected chi connectivity index (χ0v) is 5.82. The maximum absolute atomic E-state index is 8.67. The molecule has 0 aliphatic carbocycles. The lowest BCUT2D eigenvalue weighted by atomic mass is 15.7. The van der Waals surface area contributed by atoms with E-state index in [0.29, 0.717) is 0 Å². The summed E-state index contributed by atoms with van der Waals surface area (Å²) < 4.78 is 22.8. The van der Waals surface area contributed by atoms with Crippen LogP contribution in [0.5, 0.6) is 0 Å². The van der Waals surface area contributed by atoms with Crippen molar-refractivity contribution < 1.29 is 32.5 Å². The predicted octanol–water partition coefficient (Wildman–Crippen LogP) is -2.93. The molecule has 0 amide bonds. The summed E-state index contributed by atoms with van der Waals surface area (Å²) >= 11 is -2.61. The molecule has 0 heterocycles. The minimum absolute atomic E-state index is 2.61. The quantitative estimate of drug-likeness (QED) is 0.172. The lowest BCUT2D eigenvalue weighted by molar-refractivity contribution is 0.117. The van der Waals surface area contributed by atoms with Crippen molar-refractivity contribution in [2.75, 3.05) is 0 Å². The van der Waals surface area contributed by atoms with Crippen LogP contribution < -0.4 is 0 Å². The van der Waals surface area contributed by atoms with E-state index in [1.54, 1.807) is 0 Å². The molecule has 6 N–H and O–H groups in total. The van der Waals surface area contributed by atoms with E-state index in [1.807, 2.05) is 0 Å². The molecule has 7 nitrogen and oxygen atoms in total. The van der Waals surface area contributed by atoms with E-state index in [9.17, 15) is 0 Å². The Labute approximate surface area is 53.8 Å². The van der Waals surface area contributed by atoms with Crippen LogP contribution in [-0.2, 0) is 11.4 Å². The maximum Gasteiger partial charge on any atom is 0.668 e. The first-order chi connectivity index (χ1) is 3.73. The van der Waals surface area contributed by atoms with E-state index in [1.165, 1.54) is 0 Å². The molecule has 0 radical (unpaired) electrons. The van der Waals surface area contributed by atoms with Crippen LogP contribution in [0.2, 0.25) is 0 Å². The Morgan fingerprint density at radius 3 is 1.00 bits per heavy atom. The van der Waals surface area contributed by atoms with Gasteiger partial charge in [0.1, 0.15) is 0 Å². The van der Waals surface area contributed by atoms with Crippen LogP contribution in [0.25, 0.3) is 0 Å². The third-order valence-electron chi connectivity index (χ3n) is 0. The van der Waals surface area contributed by atoms with E-state index < -0.39 is 20.4 Å².